The van der Waals surface area contributed by atoms with Gasteiger partial charge in [-0.2, -0.15) is 4.57 Å². The number of aromatic nitrogens is 1. The van der Waals surface area contributed by atoms with Gasteiger partial charge in [0.25, 0.3) is 11.5 Å². The molecule has 1 N–H and O–H groups in total. The normalized spacial score (nSPS) is 11.5. The molecule has 0 aliphatic heterocycles. The van der Waals surface area contributed by atoms with Crippen molar-refractivity contribution in [3.8, 4) is 0 Å². The van der Waals surface area contributed by atoms with E-state index < -0.39 is 10.7 Å². The lowest BCUT2D eigenvalue weighted by Gasteiger charge is -2.06. The fourth-order valence-electron chi connectivity index (χ4n) is 2.50. The Morgan fingerprint density at radius 1 is 0.846 bits per heavy atom. The smallest absolute Gasteiger partial charge is 0.301 e. The quantitative estimate of drug-likeness (QED) is 0.191. The second kappa shape index (κ2) is 7.40. The average molecular weight is 347 g/mol. The van der Waals surface area contributed by atoms with Gasteiger partial charge in [0.2, 0.25) is 0 Å². The maximum atomic E-state index is 13.0. The van der Waals surface area contributed by atoms with Gasteiger partial charge in [0.1, 0.15) is 0 Å². The van der Waals surface area contributed by atoms with Crippen LogP contribution in [0.1, 0.15) is 15.9 Å². The number of hydrogen-bond donors (Lipinski definition) is 1. The molecule has 0 saturated carbocycles. The standard InChI is InChI=1S/C20H14N2O4/c23-19(15-7-3-1-4-8-15)18(21-13-5-2-6-14-21)20(24)16-9-11-17(12-10-16)22(25)26/h1-14H/p+1. The van der Waals surface area contributed by atoms with Gasteiger partial charge in [0, 0.05) is 35.4 Å². The number of aliphatic hydroxyl groups is 1. The Kier molecular flexibility index (Phi) is 4.85. The number of hydrogen-bond acceptors (Lipinski definition) is 4. The number of carbonyl (C=O) groups excluding carboxylic acids is 1. The highest BCUT2D eigenvalue weighted by molar-refractivity contribution is 6.26. The van der Waals surface area contributed by atoms with E-state index in [0.717, 1.165) is 0 Å². The predicted molar refractivity (Wildman–Crippen MR) is 96.2 cm³/mol. The molecule has 0 spiro atoms. The Labute approximate surface area is 149 Å². The van der Waals surface area contributed by atoms with E-state index >= 15 is 0 Å². The van der Waals surface area contributed by atoms with E-state index in [1.807, 2.05) is 6.07 Å². The number of non-ortho nitro benzene ring substituents is 1. The summed E-state index contributed by atoms with van der Waals surface area (Å²) in [6.07, 6.45) is 3.30. The Morgan fingerprint density at radius 3 is 2.00 bits per heavy atom. The summed E-state index contributed by atoms with van der Waals surface area (Å²) in [5.74, 6) is -0.623. The van der Waals surface area contributed by atoms with Crippen molar-refractivity contribution in [3.05, 3.63) is 106 Å². The van der Waals surface area contributed by atoms with Gasteiger partial charge in [0.15, 0.2) is 18.2 Å². The van der Waals surface area contributed by atoms with Gasteiger partial charge in [-0.25, -0.2) is 0 Å². The van der Waals surface area contributed by atoms with Gasteiger partial charge >= 0.3 is 5.70 Å². The zero-order valence-electron chi connectivity index (χ0n) is 13.6. The summed E-state index contributed by atoms with van der Waals surface area (Å²) in [7, 11) is 0. The minimum atomic E-state index is -0.529. The van der Waals surface area contributed by atoms with Crippen LogP contribution >= 0.6 is 0 Å². The van der Waals surface area contributed by atoms with E-state index in [2.05, 4.69) is 0 Å². The minimum Gasteiger partial charge on any atom is -0.502 e. The zero-order valence-corrected chi connectivity index (χ0v) is 13.6. The van der Waals surface area contributed by atoms with Crippen LogP contribution < -0.4 is 4.57 Å². The number of benzene rings is 2. The average Bonchev–Trinajstić information content (AvgIpc) is 2.69. The van der Waals surface area contributed by atoms with Crippen molar-refractivity contribution in [2.24, 2.45) is 0 Å². The number of Topliss-reactive ketones (excluding diaryl/α,β-unsaturated/α-hetero) is 1. The third-order valence-electron chi connectivity index (χ3n) is 3.80. The van der Waals surface area contributed by atoms with Crippen molar-refractivity contribution in [1.82, 2.24) is 0 Å². The SMILES string of the molecule is O=C(C(=C(O)c1ccccc1)[n+]1ccccc1)c1ccc([N+](=O)[O-])cc1. The molecule has 6 nitrogen and oxygen atoms in total. The van der Waals surface area contributed by atoms with Crippen LogP contribution in [0.25, 0.3) is 11.5 Å². The molecular formula is C20H15N2O4+. The van der Waals surface area contributed by atoms with Crippen molar-refractivity contribution in [3.63, 3.8) is 0 Å². The summed E-state index contributed by atoms with van der Waals surface area (Å²) in [6, 6.07) is 19.3. The summed E-state index contributed by atoms with van der Waals surface area (Å²) in [6.45, 7) is 0. The van der Waals surface area contributed by atoms with Crippen molar-refractivity contribution in [2.75, 3.05) is 0 Å². The highest BCUT2D eigenvalue weighted by Gasteiger charge is 2.28. The summed E-state index contributed by atoms with van der Waals surface area (Å²) in [5, 5.41) is 21.5. The Balaban J connectivity index is 2.12. The molecule has 3 aromatic rings. The van der Waals surface area contributed by atoms with E-state index in [9.17, 15) is 20.0 Å². The molecule has 6 heteroatoms. The molecule has 0 unspecified atom stereocenters. The zero-order chi connectivity index (χ0) is 18.5. The number of nitro groups is 1. The van der Waals surface area contributed by atoms with Gasteiger partial charge in [0.05, 0.1) is 4.92 Å². The lowest BCUT2D eigenvalue weighted by molar-refractivity contribution is -0.576. The molecule has 0 atom stereocenters. The second-order valence-electron chi connectivity index (χ2n) is 5.48. The monoisotopic (exact) mass is 347 g/mol. The Morgan fingerprint density at radius 2 is 1.42 bits per heavy atom. The maximum absolute atomic E-state index is 13.0. The third-order valence-corrected chi connectivity index (χ3v) is 3.80. The number of ketones is 1. The van der Waals surface area contributed by atoms with Crippen molar-refractivity contribution >= 4 is 22.9 Å². The first kappa shape index (κ1) is 17.0. The number of pyridine rings is 1. The van der Waals surface area contributed by atoms with Crippen LogP contribution in [0.2, 0.25) is 0 Å². The van der Waals surface area contributed by atoms with Crippen molar-refractivity contribution in [2.45, 2.75) is 0 Å². The molecule has 0 bridgehead atoms. The molecule has 0 amide bonds. The van der Waals surface area contributed by atoms with E-state index in [4.69, 9.17) is 0 Å². The maximum Gasteiger partial charge on any atom is 0.301 e. The number of nitrogens with zero attached hydrogens (tertiary/aromatic N) is 2. The van der Waals surface area contributed by atoms with Crippen LogP contribution in [-0.2, 0) is 0 Å². The van der Waals surface area contributed by atoms with Crippen LogP contribution in [0.4, 0.5) is 5.69 Å². The van der Waals surface area contributed by atoms with Crippen molar-refractivity contribution in [1.29, 1.82) is 0 Å². The molecule has 0 saturated heterocycles. The number of carbonyl (C=O) groups is 1. The molecule has 0 fully saturated rings. The number of rotatable bonds is 5. The lowest BCUT2D eigenvalue weighted by atomic mass is 10.0. The molecule has 2 aromatic carbocycles. The molecule has 0 aliphatic rings. The van der Waals surface area contributed by atoms with Gasteiger partial charge < -0.3 is 5.11 Å². The van der Waals surface area contributed by atoms with Crippen LogP contribution in [0, 0.1) is 10.1 Å². The highest BCUT2D eigenvalue weighted by atomic mass is 16.6. The Bertz CT molecular complexity index is 966. The first-order valence-electron chi connectivity index (χ1n) is 7.82. The van der Waals surface area contributed by atoms with Gasteiger partial charge in [-0.3, -0.25) is 14.9 Å². The number of aliphatic hydroxyl groups excluding tert-OH is 1. The van der Waals surface area contributed by atoms with Crippen LogP contribution in [0.15, 0.2) is 85.2 Å². The molecule has 1 aromatic heterocycles. The second-order valence-corrected chi connectivity index (χ2v) is 5.48. The highest BCUT2D eigenvalue weighted by Crippen LogP contribution is 2.21. The largest absolute Gasteiger partial charge is 0.502 e. The first-order valence-corrected chi connectivity index (χ1v) is 7.82. The molecular weight excluding hydrogens is 332 g/mol. The van der Waals surface area contributed by atoms with Gasteiger partial charge in [-0.1, -0.05) is 36.4 Å². The van der Waals surface area contributed by atoms with Gasteiger partial charge in [-0.05, 0) is 12.1 Å². The first-order chi connectivity index (χ1) is 12.6. The van der Waals surface area contributed by atoms with E-state index in [1.165, 1.54) is 28.8 Å². The molecule has 3 rings (SSSR count). The molecule has 0 aliphatic carbocycles. The number of allylic oxidation sites excluding steroid dienone is 1. The lowest BCUT2D eigenvalue weighted by Crippen LogP contribution is -2.36. The molecule has 128 valence electrons. The molecule has 1 heterocycles. The fourth-order valence-corrected chi connectivity index (χ4v) is 2.50. The Hall–Kier alpha value is -3.80. The van der Waals surface area contributed by atoms with Crippen LogP contribution in [-0.4, -0.2) is 15.8 Å². The molecule has 26 heavy (non-hydrogen) atoms. The van der Waals surface area contributed by atoms with Crippen molar-refractivity contribution < 1.29 is 19.4 Å². The summed E-state index contributed by atoms with van der Waals surface area (Å²) >= 11 is 0. The van der Waals surface area contributed by atoms with Gasteiger partial charge in [-0.15, -0.1) is 0 Å². The van der Waals surface area contributed by atoms with E-state index in [0.29, 0.717) is 5.56 Å². The summed E-state index contributed by atoms with van der Waals surface area (Å²) in [4.78, 5) is 23.3. The predicted octanol–water partition coefficient (Wildman–Crippen LogP) is 3.65. The van der Waals surface area contributed by atoms with Crippen LogP contribution in [0.5, 0.6) is 0 Å². The fraction of sp³-hybridized carbons (Fsp3) is 0. The summed E-state index contributed by atoms with van der Waals surface area (Å²) < 4.78 is 1.52. The topological polar surface area (TPSA) is 84.3 Å². The third kappa shape index (κ3) is 3.49. The molecule has 0 radical (unpaired) electrons. The summed E-state index contributed by atoms with van der Waals surface area (Å²) in [5.41, 5.74) is 0.691. The number of nitro benzene ring substituents is 1. The van der Waals surface area contributed by atoms with E-state index in [-0.39, 0.29) is 22.7 Å². The minimum absolute atomic E-state index is 0.0608. The van der Waals surface area contributed by atoms with E-state index in [1.54, 1.807) is 54.9 Å². The van der Waals surface area contributed by atoms with Crippen LogP contribution in [0.3, 0.4) is 0 Å².